The van der Waals surface area contributed by atoms with Crippen LogP contribution in [0.1, 0.15) is 35.8 Å². The highest BCUT2D eigenvalue weighted by molar-refractivity contribution is 5.91. The third-order valence-corrected chi connectivity index (χ3v) is 5.24. The average Bonchev–Trinajstić information content (AvgIpc) is 3.39. The third kappa shape index (κ3) is 3.31. The SMILES string of the molecule is COc1ccc(C2(C(=O)NC(c3cccc(OC)c3)c3ncn[nH]3)CC2)cc1. The number of nitrogens with one attached hydrogen (secondary N) is 2. The topological polar surface area (TPSA) is 89.1 Å². The molecule has 0 spiro atoms. The van der Waals surface area contributed by atoms with Gasteiger partial charge in [0.1, 0.15) is 23.9 Å². The molecule has 1 heterocycles. The summed E-state index contributed by atoms with van der Waals surface area (Å²) in [6.07, 6.45) is 3.06. The molecule has 0 radical (unpaired) electrons. The zero-order chi connectivity index (χ0) is 19.6. The van der Waals surface area contributed by atoms with Crippen molar-refractivity contribution in [3.63, 3.8) is 0 Å². The lowest BCUT2D eigenvalue weighted by Crippen LogP contribution is -2.38. The number of ether oxygens (including phenoxy) is 2. The van der Waals surface area contributed by atoms with E-state index in [4.69, 9.17) is 9.47 Å². The standard InChI is InChI=1S/C21H22N4O3/c1-27-16-8-6-15(7-9-16)21(10-11-21)20(26)24-18(19-22-13-23-25-19)14-4-3-5-17(12-14)28-2/h3-9,12-13,18H,10-11H2,1-2H3,(H,24,26)(H,22,23,25). The number of carbonyl (C=O) groups excluding carboxylic acids is 1. The maximum absolute atomic E-state index is 13.3. The zero-order valence-electron chi connectivity index (χ0n) is 15.8. The Morgan fingerprint density at radius 2 is 1.86 bits per heavy atom. The monoisotopic (exact) mass is 378 g/mol. The van der Waals surface area contributed by atoms with Gasteiger partial charge in [-0.3, -0.25) is 9.89 Å². The van der Waals surface area contributed by atoms with Crippen LogP contribution in [0, 0.1) is 0 Å². The first-order valence-corrected chi connectivity index (χ1v) is 9.11. The molecule has 2 aromatic carbocycles. The van der Waals surface area contributed by atoms with Gasteiger partial charge >= 0.3 is 0 Å². The second-order valence-electron chi connectivity index (χ2n) is 6.86. The molecule has 1 fully saturated rings. The summed E-state index contributed by atoms with van der Waals surface area (Å²) >= 11 is 0. The Morgan fingerprint density at radius 1 is 1.11 bits per heavy atom. The van der Waals surface area contributed by atoms with E-state index in [1.807, 2.05) is 48.5 Å². The molecule has 1 unspecified atom stereocenters. The molecule has 7 nitrogen and oxygen atoms in total. The molecule has 2 N–H and O–H groups in total. The van der Waals surface area contributed by atoms with E-state index in [1.165, 1.54) is 6.33 Å². The molecular weight excluding hydrogens is 356 g/mol. The normalized spacial score (nSPS) is 15.5. The largest absolute Gasteiger partial charge is 0.497 e. The first-order chi connectivity index (χ1) is 13.7. The van der Waals surface area contributed by atoms with Gasteiger partial charge in [0.05, 0.1) is 19.6 Å². The van der Waals surface area contributed by atoms with Gasteiger partial charge in [0.25, 0.3) is 0 Å². The van der Waals surface area contributed by atoms with Gasteiger partial charge in [-0.25, -0.2) is 4.98 Å². The number of amides is 1. The molecule has 1 saturated carbocycles. The molecule has 28 heavy (non-hydrogen) atoms. The Morgan fingerprint density at radius 3 is 2.46 bits per heavy atom. The van der Waals surface area contributed by atoms with Crippen LogP contribution >= 0.6 is 0 Å². The van der Waals surface area contributed by atoms with Crippen LogP contribution in [0.4, 0.5) is 0 Å². The molecule has 1 atom stereocenters. The van der Waals surface area contributed by atoms with Crippen molar-refractivity contribution in [2.45, 2.75) is 24.3 Å². The van der Waals surface area contributed by atoms with E-state index in [-0.39, 0.29) is 5.91 Å². The van der Waals surface area contributed by atoms with E-state index in [0.29, 0.717) is 11.6 Å². The minimum Gasteiger partial charge on any atom is -0.497 e. The summed E-state index contributed by atoms with van der Waals surface area (Å²) < 4.78 is 10.6. The van der Waals surface area contributed by atoms with Crippen LogP contribution < -0.4 is 14.8 Å². The number of rotatable bonds is 7. The molecule has 1 amide bonds. The fourth-order valence-electron chi connectivity index (χ4n) is 3.44. The average molecular weight is 378 g/mol. The van der Waals surface area contributed by atoms with Crippen molar-refractivity contribution < 1.29 is 14.3 Å². The summed E-state index contributed by atoms with van der Waals surface area (Å²) in [4.78, 5) is 17.5. The molecule has 1 aliphatic carbocycles. The minimum atomic E-state index is -0.511. The van der Waals surface area contributed by atoms with Gasteiger partial charge in [0, 0.05) is 0 Å². The van der Waals surface area contributed by atoms with Crippen LogP contribution in [0.3, 0.4) is 0 Å². The van der Waals surface area contributed by atoms with Gasteiger partial charge in [-0.2, -0.15) is 5.10 Å². The van der Waals surface area contributed by atoms with Crippen molar-refractivity contribution in [1.29, 1.82) is 0 Å². The van der Waals surface area contributed by atoms with Crippen LogP contribution in [0.5, 0.6) is 11.5 Å². The minimum absolute atomic E-state index is 0.0260. The number of carbonyl (C=O) groups is 1. The van der Waals surface area contributed by atoms with Crippen LogP contribution in [-0.4, -0.2) is 35.3 Å². The predicted molar refractivity (Wildman–Crippen MR) is 103 cm³/mol. The van der Waals surface area contributed by atoms with E-state index in [0.717, 1.165) is 29.7 Å². The maximum atomic E-state index is 13.3. The highest BCUT2D eigenvalue weighted by Gasteiger charge is 2.51. The van der Waals surface area contributed by atoms with Crippen molar-refractivity contribution in [3.8, 4) is 11.5 Å². The number of aromatic amines is 1. The third-order valence-electron chi connectivity index (χ3n) is 5.24. The van der Waals surface area contributed by atoms with Crippen molar-refractivity contribution >= 4 is 5.91 Å². The number of aromatic nitrogens is 3. The van der Waals surface area contributed by atoms with E-state index >= 15 is 0 Å². The van der Waals surface area contributed by atoms with Crippen molar-refractivity contribution in [2.75, 3.05) is 14.2 Å². The summed E-state index contributed by atoms with van der Waals surface area (Å²) in [7, 11) is 3.24. The van der Waals surface area contributed by atoms with Gasteiger partial charge in [-0.15, -0.1) is 0 Å². The molecule has 0 saturated heterocycles. The van der Waals surface area contributed by atoms with Gasteiger partial charge in [0.2, 0.25) is 5.91 Å². The predicted octanol–water partition coefficient (Wildman–Crippen LogP) is 2.76. The van der Waals surface area contributed by atoms with Crippen LogP contribution in [0.15, 0.2) is 54.9 Å². The summed E-state index contributed by atoms with van der Waals surface area (Å²) in [5.41, 5.74) is 1.35. The summed E-state index contributed by atoms with van der Waals surface area (Å²) in [5, 5.41) is 9.97. The molecule has 0 aliphatic heterocycles. The number of hydrogen-bond acceptors (Lipinski definition) is 5. The fourth-order valence-corrected chi connectivity index (χ4v) is 3.44. The van der Waals surface area contributed by atoms with Gasteiger partial charge in [-0.05, 0) is 48.2 Å². The van der Waals surface area contributed by atoms with E-state index in [2.05, 4.69) is 20.5 Å². The second-order valence-corrected chi connectivity index (χ2v) is 6.86. The Balaban J connectivity index is 1.62. The van der Waals surface area contributed by atoms with Crippen molar-refractivity contribution in [1.82, 2.24) is 20.5 Å². The lowest BCUT2D eigenvalue weighted by Gasteiger charge is -2.22. The first-order valence-electron chi connectivity index (χ1n) is 9.11. The maximum Gasteiger partial charge on any atom is 0.231 e. The van der Waals surface area contributed by atoms with Gasteiger partial charge in [-0.1, -0.05) is 24.3 Å². The van der Waals surface area contributed by atoms with E-state index in [9.17, 15) is 4.79 Å². The molecule has 4 rings (SSSR count). The van der Waals surface area contributed by atoms with Gasteiger partial charge in [0.15, 0.2) is 5.82 Å². The number of H-pyrrole nitrogens is 1. The van der Waals surface area contributed by atoms with Crippen molar-refractivity contribution in [3.05, 3.63) is 71.8 Å². The zero-order valence-corrected chi connectivity index (χ0v) is 15.8. The van der Waals surface area contributed by atoms with E-state index < -0.39 is 11.5 Å². The van der Waals surface area contributed by atoms with Crippen LogP contribution in [0.2, 0.25) is 0 Å². The Kier molecular flexibility index (Phi) is 4.73. The summed E-state index contributed by atoms with van der Waals surface area (Å²) in [6.45, 7) is 0. The number of benzene rings is 2. The molecule has 144 valence electrons. The number of hydrogen-bond donors (Lipinski definition) is 2. The number of nitrogens with zero attached hydrogens (tertiary/aromatic N) is 2. The fraction of sp³-hybridized carbons (Fsp3) is 0.286. The second kappa shape index (κ2) is 7.34. The molecular formula is C21H22N4O3. The smallest absolute Gasteiger partial charge is 0.231 e. The lowest BCUT2D eigenvalue weighted by atomic mass is 9.94. The van der Waals surface area contributed by atoms with Crippen molar-refractivity contribution in [2.24, 2.45) is 0 Å². The molecule has 7 heteroatoms. The lowest BCUT2D eigenvalue weighted by molar-refractivity contribution is -0.124. The quantitative estimate of drug-likeness (QED) is 0.660. The number of methoxy groups -OCH3 is 2. The van der Waals surface area contributed by atoms with Gasteiger partial charge < -0.3 is 14.8 Å². The Hall–Kier alpha value is -3.35. The molecule has 3 aromatic rings. The Labute approximate surface area is 163 Å². The summed E-state index contributed by atoms with van der Waals surface area (Å²) in [6, 6.07) is 14.8. The van der Waals surface area contributed by atoms with Crippen LogP contribution in [0.25, 0.3) is 0 Å². The highest BCUT2D eigenvalue weighted by Crippen LogP contribution is 2.49. The highest BCUT2D eigenvalue weighted by atomic mass is 16.5. The summed E-state index contributed by atoms with van der Waals surface area (Å²) in [5.74, 6) is 2.04. The van der Waals surface area contributed by atoms with E-state index in [1.54, 1.807) is 14.2 Å². The molecule has 0 bridgehead atoms. The van der Waals surface area contributed by atoms with Crippen LogP contribution in [-0.2, 0) is 10.2 Å². The molecule has 1 aliphatic rings. The first kappa shape index (κ1) is 18.0. The Bertz CT molecular complexity index is 950. The molecule has 1 aromatic heterocycles.